The molecule has 0 aliphatic carbocycles. The lowest BCUT2D eigenvalue weighted by Crippen LogP contribution is -2.18. The van der Waals surface area contributed by atoms with Gasteiger partial charge in [0.1, 0.15) is 17.1 Å². The molecule has 0 atom stereocenters. The topological polar surface area (TPSA) is 168 Å². The minimum Gasteiger partial charge on any atom is -0.508 e. The van der Waals surface area contributed by atoms with Gasteiger partial charge in [0.15, 0.2) is 0 Å². The highest BCUT2D eigenvalue weighted by molar-refractivity contribution is 6.36. The maximum Gasteiger partial charge on any atom is 0.352 e. The number of hydrogen-bond donors (Lipinski definition) is 3. The summed E-state index contributed by atoms with van der Waals surface area (Å²) in [6, 6.07) is 8.61. The molecular formula is C15H12N4O7. The molecule has 0 aliphatic rings. The average Bonchev–Trinajstić information content (AvgIpc) is 2.59. The minimum absolute atomic E-state index is 0.0159. The fourth-order valence-corrected chi connectivity index (χ4v) is 1.98. The predicted molar refractivity (Wildman–Crippen MR) is 90.3 cm³/mol. The molecule has 2 aromatic rings. The molecule has 0 spiro atoms. The van der Waals surface area contributed by atoms with Crippen LogP contribution in [0.4, 0.5) is 17.1 Å². The van der Waals surface area contributed by atoms with E-state index in [0.717, 1.165) is 18.2 Å². The molecule has 0 aromatic heterocycles. The summed E-state index contributed by atoms with van der Waals surface area (Å²) in [5, 5.41) is 43.9. The molecule has 134 valence electrons. The van der Waals surface area contributed by atoms with Gasteiger partial charge in [0.05, 0.1) is 15.9 Å². The highest BCUT2D eigenvalue weighted by Gasteiger charge is 2.20. The Morgan fingerprint density at radius 1 is 1.08 bits per heavy atom. The Bertz CT molecular complexity index is 893. The molecule has 11 nitrogen and oxygen atoms in total. The monoisotopic (exact) mass is 360 g/mol. The first-order valence-corrected chi connectivity index (χ1v) is 7.04. The van der Waals surface area contributed by atoms with Gasteiger partial charge in [-0.25, -0.2) is 4.79 Å². The summed E-state index contributed by atoms with van der Waals surface area (Å²) in [4.78, 5) is 31.4. The van der Waals surface area contributed by atoms with Crippen LogP contribution < -0.4 is 5.43 Å². The number of carboxylic acids is 1. The molecule has 0 fully saturated rings. The molecule has 0 heterocycles. The summed E-state index contributed by atoms with van der Waals surface area (Å²) >= 11 is 0. The largest absolute Gasteiger partial charge is 0.508 e. The summed E-state index contributed by atoms with van der Waals surface area (Å²) in [6.07, 6.45) is -0.108. The van der Waals surface area contributed by atoms with Gasteiger partial charge in [0.25, 0.3) is 5.69 Å². The zero-order chi connectivity index (χ0) is 19.3. The number of benzene rings is 2. The van der Waals surface area contributed by atoms with E-state index in [2.05, 4.69) is 10.5 Å². The number of hydrogen-bond acceptors (Lipinski definition) is 8. The quantitative estimate of drug-likeness (QED) is 0.384. The molecule has 11 heteroatoms. The van der Waals surface area contributed by atoms with Crippen molar-refractivity contribution in [2.45, 2.75) is 6.42 Å². The first-order valence-electron chi connectivity index (χ1n) is 7.04. The summed E-state index contributed by atoms with van der Waals surface area (Å²) in [5.41, 5.74) is 1.19. The van der Waals surface area contributed by atoms with Crippen LogP contribution in [0.1, 0.15) is 5.56 Å². The number of rotatable bonds is 7. The van der Waals surface area contributed by atoms with E-state index < -0.39 is 27.2 Å². The standard InChI is InChI=1S/C15H12N4O7/c20-11-4-1-9(2-5-11)7-13(15(21)22)17-16-12-6-3-10(18(23)24)8-14(12)19(25)26/h1-6,8,16,20H,7H2,(H,21,22)/b17-13-. The normalized spacial score (nSPS) is 11.0. The van der Waals surface area contributed by atoms with Crippen LogP contribution in [0.25, 0.3) is 0 Å². The molecule has 2 rings (SSSR count). The van der Waals surface area contributed by atoms with Crippen LogP contribution >= 0.6 is 0 Å². The Kier molecular flexibility index (Phi) is 5.43. The lowest BCUT2D eigenvalue weighted by Gasteiger charge is -2.05. The number of carbonyl (C=O) groups is 1. The lowest BCUT2D eigenvalue weighted by molar-refractivity contribution is -0.393. The number of aromatic hydroxyl groups is 1. The number of aliphatic carboxylic acids is 1. The zero-order valence-corrected chi connectivity index (χ0v) is 13.0. The van der Waals surface area contributed by atoms with Crippen LogP contribution in [0.5, 0.6) is 5.75 Å². The van der Waals surface area contributed by atoms with Gasteiger partial charge in [0.2, 0.25) is 0 Å². The molecule has 0 amide bonds. The van der Waals surface area contributed by atoms with Gasteiger partial charge < -0.3 is 10.2 Å². The second kappa shape index (κ2) is 7.70. The molecule has 26 heavy (non-hydrogen) atoms. The maximum absolute atomic E-state index is 11.3. The van der Waals surface area contributed by atoms with Crippen molar-refractivity contribution in [2.75, 3.05) is 5.43 Å². The van der Waals surface area contributed by atoms with Gasteiger partial charge in [-0.15, -0.1) is 0 Å². The third-order valence-electron chi connectivity index (χ3n) is 3.25. The number of non-ortho nitro benzene ring substituents is 1. The van der Waals surface area contributed by atoms with Crippen molar-refractivity contribution >= 4 is 28.7 Å². The summed E-state index contributed by atoms with van der Waals surface area (Å²) in [5.74, 6) is -1.34. The van der Waals surface area contributed by atoms with Crippen molar-refractivity contribution in [3.8, 4) is 5.75 Å². The van der Waals surface area contributed by atoms with Crippen molar-refractivity contribution in [3.63, 3.8) is 0 Å². The smallest absolute Gasteiger partial charge is 0.352 e. The van der Waals surface area contributed by atoms with E-state index >= 15 is 0 Å². The van der Waals surface area contributed by atoms with Crippen LogP contribution in [0, 0.1) is 20.2 Å². The molecule has 0 bridgehead atoms. The molecular weight excluding hydrogens is 348 g/mol. The Balaban J connectivity index is 2.29. The fourth-order valence-electron chi connectivity index (χ4n) is 1.98. The third-order valence-corrected chi connectivity index (χ3v) is 3.25. The zero-order valence-electron chi connectivity index (χ0n) is 13.0. The van der Waals surface area contributed by atoms with Crippen molar-refractivity contribution in [1.82, 2.24) is 0 Å². The number of carboxylic acid groups (broad SMARTS) is 1. The van der Waals surface area contributed by atoms with Crippen LogP contribution in [0.2, 0.25) is 0 Å². The number of nitro groups is 2. The number of nitrogens with zero attached hydrogens (tertiary/aromatic N) is 3. The molecule has 0 saturated heterocycles. The molecule has 2 aromatic carbocycles. The number of nitro benzene ring substituents is 2. The SMILES string of the molecule is O=C(O)/C(Cc1ccc(O)cc1)=N\Nc1ccc([N+](=O)[O-])cc1[N+](=O)[O-]. The van der Waals surface area contributed by atoms with E-state index in [4.69, 9.17) is 0 Å². The highest BCUT2D eigenvalue weighted by Crippen LogP contribution is 2.29. The molecule has 0 unspecified atom stereocenters. The molecule has 3 N–H and O–H groups in total. The van der Waals surface area contributed by atoms with Gasteiger partial charge in [-0.1, -0.05) is 12.1 Å². The van der Waals surface area contributed by atoms with Gasteiger partial charge in [0, 0.05) is 12.5 Å². The van der Waals surface area contributed by atoms with E-state index in [9.17, 15) is 35.2 Å². The second-order valence-corrected chi connectivity index (χ2v) is 5.03. The van der Waals surface area contributed by atoms with Gasteiger partial charge in [-0.05, 0) is 23.8 Å². The fraction of sp³-hybridized carbons (Fsp3) is 0.0667. The molecule has 0 radical (unpaired) electrons. The predicted octanol–water partition coefficient (Wildman–Crippen LogP) is 2.30. The first kappa shape index (κ1) is 18.3. The number of phenolic OH excluding ortho intramolecular Hbond substituents is 1. The molecule has 0 saturated carbocycles. The Morgan fingerprint density at radius 2 is 1.73 bits per heavy atom. The van der Waals surface area contributed by atoms with Crippen molar-refractivity contribution in [1.29, 1.82) is 0 Å². The lowest BCUT2D eigenvalue weighted by atomic mass is 10.1. The van der Waals surface area contributed by atoms with E-state index in [1.807, 2.05) is 0 Å². The van der Waals surface area contributed by atoms with E-state index in [1.54, 1.807) is 0 Å². The minimum atomic E-state index is -1.35. The maximum atomic E-state index is 11.3. The Morgan fingerprint density at radius 3 is 2.27 bits per heavy atom. The van der Waals surface area contributed by atoms with Gasteiger partial charge in [-0.2, -0.15) is 5.10 Å². The van der Waals surface area contributed by atoms with Gasteiger partial charge >= 0.3 is 11.7 Å². The van der Waals surface area contributed by atoms with Crippen LogP contribution in [0.3, 0.4) is 0 Å². The number of phenols is 1. The van der Waals surface area contributed by atoms with Crippen LogP contribution in [-0.4, -0.2) is 31.7 Å². The van der Waals surface area contributed by atoms with Crippen molar-refractivity contribution in [2.24, 2.45) is 5.10 Å². The number of nitrogens with one attached hydrogen (secondary N) is 1. The number of hydrazone groups is 1. The number of anilines is 1. The highest BCUT2D eigenvalue weighted by atomic mass is 16.6. The Labute approximate surface area is 145 Å². The summed E-state index contributed by atoms with van der Waals surface area (Å²) in [7, 11) is 0. The van der Waals surface area contributed by atoms with Crippen molar-refractivity contribution in [3.05, 3.63) is 68.3 Å². The second-order valence-electron chi connectivity index (χ2n) is 5.03. The third kappa shape index (κ3) is 4.50. The molecule has 0 aliphatic heterocycles. The van der Waals surface area contributed by atoms with E-state index in [1.165, 1.54) is 24.3 Å². The summed E-state index contributed by atoms with van der Waals surface area (Å²) < 4.78 is 0. The van der Waals surface area contributed by atoms with Crippen molar-refractivity contribution < 1.29 is 24.9 Å². The Hall–Kier alpha value is -4.02. The average molecular weight is 360 g/mol. The van der Waals surface area contributed by atoms with E-state index in [-0.39, 0.29) is 23.6 Å². The van der Waals surface area contributed by atoms with E-state index in [0.29, 0.717) is 5.56 Å². The van der Waals surface area contributed by atoms with Gasteiger partial charge in [-0.3, -0.25) is 25.7 Å². The first-order chi connectivity index (χ1) is 12.3. The van der Waals surface area contributed by atoms with Crippen LogP contribution in [-0.2, 0) is 11.2 Å². The van der Waals surface area contributed by atoms with Crippen LogP contribution in [0.15, 0.2) is 47.6 Å². The summed E-state index contributed by atoms with van der Waals surface area (Å²) in [6.45, 7) is 0.